The second-order valence-corrected chi connectivity index (χ2v) is 13.9. The smallest absolute Gasteiger partial charge is 0.340 e. The molecule has 270 valence electrons. The van der Waals surface area contributed by atoms with Crippen molar-refractivity contribution in [2.24, 2.45) is 0 Å². The van der Waals surface area contributed by atoms with Gasteiger partial charge in [0.05, 0.1) is 57.8 Å². The number of esters is 2. The van der Waals surface area contributed by atoms with E-state index < -0.39 is 0 Å². The van der Waals surface area contributed by atoms with Gasteiger partial charge in [-0.2, -0.15) is 0 Å². The molecule has 0 amide bonds. The molecule has 0 saturated carbocycles. The van der Waals surface area contributed by atoms with Gasteiger partial charge in [0.15, 0.2) is 0 Å². The molecule has 0 radical (unpaired) electrons. The van der Waals surface area contributed by atoms with Crippen LogP contribution in [0.2, 0.25) is 0 Å². The molecule has 4 heterocycles. The summed E-state index contributed by atoms with van der Waals surface area (Å²) in [5.41, 5.74) is 11.0. The standard InChI is InChI=1S/C50H36N2O4/c1-3-55-49(53)42-36-27-16-17-30-39(36)51(44(42)33-23-12-7-13-24-33)47-41(32-21-10-6-11-22-32)37-28-18-29-38-43(50(54)56-4-2)46-35-26-15-14-25-34(35)40(31-19-8-5-9-20-31)48(47)52(46)45(37)38/h5-30H,3-4H2,1-2H3. The minimum Gasteiger partial charge on any atom is -0.462 e. The Morgan fingerprint density at radius 2 is 0.946 bits per heavy atom. The van der Waals surface area contributed by atoms with E-state index in [0.29, 0.717) is 11.1 Å². The number of fused-ring (bicyclic) bond motifs is 3. The number of carbonyl (C=O) groups is 2. The lowest BCUT2D eigenvalue weighted by atomic mass is 9.92. The summed E-state index contributed by atoms with van der Waals surface area (Å²) >= 11 is 0. The molecule has 6 aromatic carbocycles. The maximum Gasteiger partial charge on any atom is 0.340 e. The Morgan fingerprint density at radius 3 is 1.59 bits per heavy atom. The average molecular weight is 729 g/mol. The van der Waals surface area contributed by atoms with Crippen molar-refractivity contribution in [3.63, 3.8) is 0 Å². The highest BCUT2D eigenvalue weighted by Gasteiger charge is 2.34. The van der Waals surface area contributed by atoms with Gasteiger partial charge in [0.1, 0.15) is 0 Å². The number of ether oxygens (including phenoxy) is 2. The largest absolute Gasteiger partial charge is 0.462 e. The molecule has 4 aromatic heterocycles. The maximum atomic E-state index is 14.3. The zero-order valence-corrected chi connectivity index (χ0v) is 31.0. The second-order valence-electron chi connectivity index (χ2n) is 13.9. The van der Waals surface area contributed by atoms with E-state index in [0.717, 1.165) is 88.2 Å². The summed E-state index contributed by atoms with van der Waals surface area (Å²) in [5.74, 6) is -0.759. The van der Waals surface area contributed by atoms with Gasteiger partial charge in [0.2, 0.25) is 0 Å². The first-order valence-electron chi connectivity index (χ1n) is 19.0. The van der Waals surface area contributed by atoms with E-state index in [-0.39, 0.29) is 25.2 Å². The van der Waals surface area contributed by atoms with Gasteiger partial charge < -0.3 is 18.4 Å². The Balaban J connectivity index is 1.58. The summed E-state index contributed by atoms with van der Waals surface area (Å²) in [5, 5.41) is 4.50. The molecule has 56 heavy (non-hydrogen) atoms. The summed E-state index contributed by atoms with van der Waals surface area (Å²) in [4.78, 5) is 28.7. The van der Waals surface area contributed by atoms with E-state index in [2.05, 4.69) is 87.8 Å². The van der Waals surface area contributed by atoms with Crippen LogP contribution in [0.15, 0.2) is 158 Å². The molecule has 0 fully saturated rings. The normalized spacial score (nSPS) is 11.7. The number of pyridine rings is 2. The molecule has 0 atom stereocenters. The van der Waals surface area contributed by atoms with Crippen LogP contribution in [0, 0.1) is 0 Å². The van der Waals surface area contributed by atoms with Crippen LogP contribution >= 0.6 is 0 Å². The van der Waals surface area contributed by atoms with Crippen molar-refractivity contribution in [2.45, 2.75) is 13.8 Å². The molecule has 0 saturated heterocycles. The third-order valence-corrected chi connectivity index (χ3v) is 10.9. The Kier molecular flexibility index (Phi) is 7.92. The Hall–Kier alpha value is -7.18. The highest BCUT2D eigenvalue weighted by Crippen LogP contribution is 2.51. The van der Waals surface area contributed by atoms with Gasteiger partial charge in [-0.15, -0.1) is 0 Å². The lowest BCUT2D eigenvalue weighted by Gasteiger charge is -2.25. The van der Waals surface area contributed by atoms with Crippen molar-refractivity contribution in [3.05, 3.63) is 169 Å². The first kappa shape index (κ1) is 33.4. The quantitative estimate of drug-likeness (QED) is 0.0888. The molecule has 6 heteroatoms. The number of nitrogens with zero attached hydrogens (tertiary/aromatic N) is 2. The molecule has 0 N–H and O–H groups in total. The number of carbonyl (C=O) groups excluding carboxylic acids is 2. The molecular formula is C50H36N2O4. The third kappa shape index (κ3) is 4.82. The van der Waals surface area contributed by atoms with E-state index in [4.69, 9.17) is 9.47 Å². The van der Waals surface area contributed by atoms with E-state index in [1.165, 1.54) is 0 Å². The van der Waals surface area contributed by atoms with Gasteiger partial charge in [-0.05, 0) is 42.0 Å². The molecule has 0 aliphatic carbocycles. The summed E-state index contributed by atoms with van der Waals surface area (Å²) in [6.45, 7) is 4.16. The SMILES string of the molecule is CCOC(=O)c1c(-c2ccccc2)n(-c2c(-c3ccccc3)c3cccc4c(C(=O)OCC)c5c6ccccc6c(-c6ccccc6)c2n5c34)c2ccccc12. The van der Waals surface area contributed by atoms with Crippen molar-refractivity contribution in [3.8, 4) is 39.2 Å². The van der Waals surface area contributed by atoms with Gasteiger partial charge in [0.25, 0.3) is 0 Å². The van der Waals surface area contributed by atoms with Crippen molar-refractivity contribution in [1.82, 2.24) is 8.97 Å². The average Bonchev–Trinajstić information content (AvgIpc) is 3.78. The van der Waals surface area contributed by atoms with Gasteiger partial charge in [-0.1, -0.05) is 152 Å². The molecule has 10 aromatic rings. The molecule has 0 bridgehead atoms. The van der Waals surface area contributed by atoms with Crippen molar-refractivity contribution in [2.75, 3.05) is 13.2 Å². The van der Waals surface area contributed by atoms with Gasteiger partial charge in [-0.3, -0.25) is 0 Å². The minimum absolute atomic E-state index is 0.235. The Bertz CT molecular complexity index is 3120. The maximum absolute atomic E-state index is 14.3. The molecule has 0 aliphatic rings. The van der Waals surface area contributed by atoms with Gasteiger partial charge >= 0.3 is 11.9 Å². The van der Waals surface area contributed by atoms with Crippen molar-refractivity contribution < 1.29 is 19.1 Å². The molecule has 0 unspecified atom stereocenters. The summed E-state index contributed by atoms with van der Waals surface area (Å²) in [6, 6.07) is 53.6. The number of para-hydroxylation sites is 2. The molecular weight excluding hydrogens is 693 g/mol. The summed E-state index contributed by atoms with van der Waals surface area (Å²) in [6.07, 6.45) is 0. The molecule has 0 spiro atoms. The van der Waals surface area contributed by atoms with Crippen LogP contribution < -0.4 is 0 Å². The number of hydrogen-bond donors (Lipinski definition) is 0. The van der Waals surface area contributed by atoms with E-state index >= 15 is 0 Å². The highest BCUT2D eigenvalue weighted by atomic mass is 16.5. The molecule has 10 rings (SSSR count). The third-order valence-electron chi connectivity index (χ3n) is 10.9. The topological polar surface area (TPSA) is 61.9 Å². The van der Waals surface area contributed by atoms with Crippen LogP contribution in [0.5, 0.6) is 0 Å². The van der Waals surface area contributed by atoms with E-state index in [9.17, 15) is 9.59 Å². The predicted molar refractivity (Wildman–Crippen MR) is 226 cm³/mol. The van der Waals surface area contributed by atoms with E-state index in [1.807, 2.05) is 92.7 Å². The molecule has 0 aliphatic heterocycles. The monoisotopic (exact) mass is 728 g/mol. The summed E-state index contributed by atoms with van der Waals surface area (Å²) < 4.78 is 16.3. The fourth-order valence-corrected chi connectivity index (χ4v) is 8.81. The Labute approximate surface area is 323 Å². The van der Waals surface area contributed by atoms with Crippen LogP contribution in [-0.2, 0) is 9.47 Å². The van der Waals surface area contributed by atoms with Gasteiger partial charge in [0, 0.05) is 32.7 Å². The van der Waals surface area contributed by atoms with E-state index in [1.54, 1.807) is 0 Å². The number of benzene rings is 6. The van der Waals surface area contributed by atoms with Crippen LogP contribution in [-0.4, -0.2) is 34.1 Å². The van der Waals surface area contributed by atoms with Gasteiger partial charge in [-0.25, -0.2) is 9.59 Å². The summed E-state index contributed by atoms with van der Waals surface area (Å²) in [7, 11) is 0. The second kappa shape index (κ2) is 13.3. The van der Waals surface area contributed by atoms with Crippen molar-refractivity contribution in [1.29, 1.82) is 0 Å². The highest BCUT2D eigenvalue weighted by molar-refractivity contribution is 6.28. The Morgan fingerprint density at radius 1 is 0.446 bits per heavy atom. The lowest BCUT2D eigenvalue weighted by Crippen LogP contribution is -2.10. The first-order valence-corrected chi connectivity index (χ1v) is 19.0. The molecule has 6 nitrogen and oxygen atoms in total. The number of aromatic nitrogens is 2. The van der Waals surface area contributed by atoms with Crippen LogP contribution in [0.3, 0.4) is 0 Å². The van der Waals surface area contributed by atoms with Crippen LogP contribution in [0.1, 0.15) is 34.6 Å². The zero-order valence-electron chi connectivity index (χ0n) is 31.0. The number of rotatable bonds is 8. The number of hydrogen-bond acceptors (Lipinski definition) is 4. The van der Waals surface area contributed by atoms with Crippen LogP contribution in [0.4, 0.5) is 0 Å². The van der Waals surface area contributed by atoms with Crippen LogP contribution in [0.25, 0.3) is 88.2 Å². The fraction of sp³-hybridized carbons (Fsp3) is 0.0800. The lowest BCUT2D eigenvalue weighted by molar-refractivity contribution is 0.0520. The fourth-order valence-electron chi connectivity index (χ4n) is 8.81. The minimum atomic E-state index is -0.390. The van der Waals surface area contributed by atoms with Crippen molar-refractivity contribution >= 4 is 60.9 Å². The predicted octanol–water partition coefficient (Wildman–Crippen LogP) is 12.1. The first-order chi connectivity index (χ1) is 27.6. The zero-order chi connectivity index (χ0) is 37.9.